The molecular weight excluding hydrogens is 417 g/mol. The molecule has 0 aliphatic heterocycles. The fourth-order valence-electron chi connectivity index (χ4n) is 3.33. The molecule has 0 bridgehead atoms. The maximum atomic E-state index is 12.6. The molecule has 0 saturated heterocycles. The maximum Gasteiger partial charge on any atom is 0.311 e. The summed E-state index contributed by atoms with van der Waals surface area (Å²) in [5.41, 5.74) is 0.308. The van der Waals surface area contributed by atoms with Crippen LogP contribution in [0.2, 0.25) is 0 Å². The van der Waals surface area contributed by atoms with E-state index in [0.717, 1.165) is 0 Å². The van der Waals surface area contributed by atoms with Gasteiger partial charge in [0, 0.05) is 5.56 Å². The predicted octanol–water partition coefficient (Wildman–Crippen LogP) is 5.26. The Kier molecular flexibility index (Phi) is 5.95. The number of hydrogen-bond acceptors (Lipinski definition) is 4. The van der Waals surface area contributed by atoms with E-state index < -0.39 is 12.1 Å². The molecule has 0 unspecified atom stereocenters. The molecule has 1 saturated carbocycles. The van der Waals surface area contributed by atoms with Crippen LogP contribution in [0.15, 0.2) is 65.1 Å². The summed E-state index contributed by atoms with van der Waals surface area (Å²) in [6.45, 7) is 3.96. The first-order chi connectivity index (χ1) is 13.3. The third-order valence-electron chi connectivity index (χ3n) is 4.99. The molecule has 0 heterocycles. The Labute approximate surface area is 174 Å². The van der Waals surface area contributed by atoms with E-state index in [1.54, 1.807) is 24.3 Å². The van der Waals surface area contributed by atoms with E-state index in [1.807, 2.05) is 50.3 Å². The molecule has 0 spiro atoms. The van der Waals surface area contributed by atoms with Gasteiger partial charge in [0.25, 0.3) is 0 Å². The van der Waals surface area contributed by atoms with Crippen molar-refractivity contribution < 1.29 is 14.3 Å². The van der Waals surface area contributed by atoms with Crippen LogP contribution in [0.3, 0.4) is 0 Å². The second-order valence-electron chi connectivity index (χ2n) is 7.31. The highest BCUT2D eigenvalue weighted by atomic mass is 79.9. The Morgan fingerprint density at radius 2 is 1.89 bits per heavy atom. The number of esters is 1. The zero-order chi connectivity index (χ0) is 20.3. The summed E-state index contributed by atoms with van der Waals surface area (Å²) in [7, 11) is 5.67. The number of allylic oxidation sites excluding steroid dienone is 1. The van der Waals surface area contributed by atoms with Crippen LogP contribution in [0.5, 0.6) is 11.5 Å². The molecule has 6 heteroatoms. The smallest absolute Gasteiger partial charge is 0.311 e. The van der Waals surface area contributed by atoms with Crippen molar-refractivity contribution in [1.29, 1.82) is 5.26 Å². The van der Waals surface area contributed by atoms with Crippen molar-refractivity contribution in [2.45, 2.75) is 20.0 Å². The lowest BCUT2D eigenvalue weighted by molar-refractivity contribution is -0.149. The highest BCUT2D eigenvalue weighted by Gasteiger charge is 2.61. The minimum Gasteiger partial charge on any atom is -0.457 e. The topological polar surface area (TPSA) is 59.3 Å². The molecule has 3 rings (SSSR count). The molecule has 0 amide bonds. The minimum absolute atomic E-state index is 0.0218. The van der Waals surface area contributed by atoms with E-state index in [9.17, 15) is 10.1 Å². The molecule has 1 fully saturated rings. The number of nitriles is 1. The first-order valence-electron chi connectivity index (χ1n) is 8.88. The summed E-state index contributed by atoms with van der Waals surface area (Å²) in [4.78, 5) is 12.6. The Morgan fingerprint density at radius 3 is 2.54 bits per heavy atom. The van der Waals surface area contributed by atoms with Crippen LogP contribution < -0.4 is 4.74 Å². The van der Waals surface area contributed by atoms with Crippen LogP contribution in [0.25, 0.3) is 0 Å². The number of hydrogen-bond donors (Lipinski definition) is 0. The summed E-state index contributed by atoms with van der Waals surface area (Å²) < 4.78 is 11.8. The summed E-state index contributed by atoms with van der Waals surface area (Å²) in [5, 5.41) is 9.55. The predicted molar refractivity (Wildman–Crippen MR) is 111 cm³/mol. The number of benzene rings is 2. The van der Waals surface area contributed by atoms with Crippen LogP contribution in [0.4, 0.5) is 0 Å². The normalized spacial score (nSPS) is 21.3. The molecular formula is C22H19BBrNO3. The first kappa shape index (κ1) is 20.2. The Balaban J connectivity index is 1.72. The van der Waals surface area contributed by atoms with Crippen molar-refractivity contribution in [3.63, 3.8) is 0 Å². The van der Waals surface area contributed by atoms with E-state index in [-0.39, 0.29) is 17.3 Å². The van der Waals surface area contributed by atoms with Gasteiger partial charge in [-0.1, -0.05) is 70.6 Å². The van der Waals surface area contributed by atoms with Crippen molar-refractivity contribution >= 4 is 29.7 Å². The van der Waals surface area contributed by atoms with Gasteiger partial charge in [0.15, 0.2) is 0 Å². The van der Waals surface area contributed by atoms with Gasteiger partial charge in [0.2, 0.25) is 6.10 Å². The van der Waals surface area contributed by atoms with Gasteiger partial charge in [0.05, 0.1) is 5.92 Å². The quantitative estimate of drug-likeness (QED) is 0.458. The van der Waals surface area contributed by atoms with Crippen LogP contribution >= 0.6 is 15.9 Å². The van der Waals surface area contributed by atoms with Gasteiger partial charge in [0.1, 0.15) is 25.4 Å². The second kappa shape index (κ2) is 8.24. The van der Waals surface area contributed by atoms with Crippen molar-refractivity contribution in [1.82, 2.24) is 0 Å². The second-order valence-corrected chi connectivity index (χ2v) is 8.23. The number of carbonyl (C=O) groups excluding carboxylic acids is 1. The van der Waals surface area contributed by atoms with E-state index >= 15 is 0 Å². The Hall–Kier alpha value is -2.52. The van der Waals surface area contributed by atoms with Crippen molar-refractivity contribution in [2.24, 2.45) is 17.3 Å². The molecule has 2 aromatic rings. The number of para-hydroxylation sites is 1. The van der Waals surface area contributed by atoms with Gasteiger partial charge >= 0.3 is 5.97 Å². The van der Waals surface area contributed by atoms with Crippen LogP contribution in [-0.2, 0) is 9.53 Å². The average molecular weight is 436 g/mol. The molecule has 2 aromatic carbocycles. The van der Waals surface area contributed by atoms with E-state index in [0.29, 0.717) is 21.4 Å². The molecule has 0 N–H and O–H groups in total. The number of halogens is 1. The zero-order valence-electron chi connectivity index (χ0n) is 15.6. The van der Waals surface area contributed by atoms with Crippen LogP contribution in [0, 0.1) is 28.6 Å². The molecule has 1 aliphatic rings. The SMILES string of the molecule is [B]C(Br)=C[C@H]1[C@@H](C(=O)O[C@H](C#N)c2cccc(Oc3ccccc3)c2)C1(C)C. The number of nitrogens with zero attached hydrogens (tertiary/aromatic N) is 1. The lowest BCUT2D eigenvalue weighted by Crippen LogP contribution is -2.14. The summed E-state index contributed by atoms with van der Waals surface area (Å²) in [6, 6.07) is 18.4. The van der Waals surface area contributed by atoms with Gasteiger partial charge in [-0.25, -0.2) is 0 Å². The Bertz CT molecular complexity index is 932. The van der Waals surface area contributed by atoms with E-state index in [2.05, 4.69) is 22.0 Å². The summed E-state index contributed by atoms with van der Waals surface area (Å²) in [5.74, 6) is 0.502. The largest absolute Gasteiger partial charge is 0.457 e. The lowest BCUT2D eigenvalue weighted by atomic mass is 10.1. The average Bonchev–Trinajstić information content (AvgIpc) is 3.20. The van der Waals surface area contributed by atoms with Gasteiger partial charge < -0.3 is 9.47 Å². The molecule has 1 aliphatic carbocycles. The van der Waals surface area contributed by atoms with E-state index in [1.165, 1.54) is 0 Å². The number of ether oxygens (including phenoxy) is 2. The fourth-order valence-corrected chi connectivity index (χ4v) is 3.62. The summed E-state index contributed by atoms with van der Waals surface area (Å²) in [6.07, 6.45) is 0.802. The molecule has 0 aromatic heterocycles. The van der Waals surface area contributed by atoms with Crippen LogP contribution in [-0.4, -0.2) is 13.8 Å². The summed E-state index contributed by atoms with van der Waals surface area (Å²) >= 11 is 3.20. The first-order valence-corrected chi connectivity index (χ1v) is 9.68. The van der Waals surface area contributed by atoms with Crippen molar-refractivity contribution in [3.8, 4) is 17.6 Å². The Morgan fingerprint density at radius 1 is 1.21 bits per heavy atom. The molecule has 3 atom stereocenters. The minimum atomic E-state index is -1.01. The van der Waals surface area contributed by atoms with Gasteiger partial charge in [-0.05, 0) is 35.6 Å². The van der Waals surface area contributed by atoms with Gasteiger partial charge in [-0.15, -0.1) is 0 Å². The molecule has 4 nitrogen and oxygen atoms in total. The monoisotopic (exact) mass is 435 g/mol. The number of rotatable bonds is 6. The third-order valence-corrected chi connectivity index (χ3v) is 5.26. The highest BCUT2D eigenvalue weighted by molar-refractivity contribution is 9.12. The number of carbonyl (C=O) groups is 1. The van der Waals surface area contributed by atoms with Crippen molar-refractivity contribution in [2.75, 3.05) is 0 Å². The van der Waals surface area contributed by atoms with E-state index in [4.69, 9.17) is 17.3 Å². The van der Waals surface area contributed by atoms with Gasteiger partial charge in [-0.3, -0.25) is 4.79 Å². The standard InChI is InChI=1S/C22H19BBrNO3/c1-22(2)17(12-19(23)24)20(22)21(26)28-18(13-25)14-7-6-10-16(11-14)27-15-8-4-3-5-9-15/h3-12,17-18,20H,1-2H3/t17-,18+,20-/m0/s1. The third kappa shape index (κ3) is 4.48. The van der Waals surface area contributed by atoms with Crippen molar-refractivity contribution in [3.05, 3.63) is 70.6 Å². The molecule has 2 radical (unpaired) electrons. The highest BCUT2D eigenvalue weighted by Crippen LogP contribution is 2.60. The van der Waals surface area contributed by atoms with Crippen LogP contribution in [0.1, 0.15) is 25.5 Å². The molecule has 140 valence electrons. The maximum absolute atomic E-state index is 12.6. The lowest BCUT2D eigenvalue weighted by Gasteiger charge is -2.13. The fraction of sp³-hybridized carbons (Fsp3) is 0.273. The molecule has 28 heavy (non-hydrogen) atoms. The zero-order valence-corrected chi connectivity index (χ0v) is 17.2. The van der Waals surface area contributed by atoms with Gasteiger partial charge in [-0.2, -0.15) is 5.26 Å².